The summed E-state index contributed by atoms with van der Waals surface area (Å²) in [5, 5.41) is 13.5. The fourth-order valence-electron chi connectivity index (χ4n) is 2.59. The van der Waals surface area contributed by atoms with Gasteiger partial charge in [0.15, 0.2) is 0 Å². The van der Waals surface area contributed by atoms with Gasteiger partial charge in [0.1, 0.15) is 5.75 Å². The van der Waals surface area contributed by atoms with Crippen molar-refractivity contribution in [3.05, 3.63) is 23.3 Å². The summed E-state index contributed by atoms with van der Waals surface area (Å²) in [7, 11) is 0. The predicted octanol–water partition coefficient (Wildman–Crippen LogP) is 2.90. The minimum Gasteiger partial charge on any atom is -0.507 e. The van der Waals surface area contributed by atoms with Crippen molar-refractivity contribution in [1.82, 2.24) is 4.90 Å². The van der Waals surface area contributed by atoms with E-state index in [1.54, 1.807) is 0 Å². The van der Waals surface area contributed by atoms with Crippen LogP contribution in [0, 0.1) is 13.8 Å². The second-order valence-corrected chi connectivity index (χ2v) is 5.62. The Balaban J connectivity index is 2.05. The van der Waals surface area contributed by atoms with Crippen molar-refractivity contribution in [2.45, 2.75) is 46.2 Å². The Morgan fingerprint density at radius 2 is 2.06 bits per heavy atom. The summed E-state index contributed by atoms with van der Waals surface area (Å²) in [6.07, 6.45) is 1.17. The average molecular weight is 248 g/mol. The first-order chi connectivity index (χ1) is 8.49. The molecule has 1 unspecified atom stereocenters. The molecule has 0 saturated carbocycles. The van der Waals surface area contributed by atoms with Gasteiger partial charge in [0, 0.05) is 36.4 Å². The minimum absolute atomic E-state index is 0.415. The lowest BCUT2D eigenvalue weighted by molar-refractivity contribution is 0.274. The zero-order valence-corrected chi connectivity index (χ0v) is 11.8. The predicted molar refractivity (Wildman–Crippen MR) is 76.3 cm³/mol. The van der Waals surface area contributed by atoms with Gasteiger partial charge in [0.2, 0.25) is 0 Å². The summed E-state index contributed by atoms with van der Waals surface area (Å²) in [5.41, 5.74) is 2.96. The van der Waals surface area contributed by atoms with Gasteiger partial charge in [0.25, 0.3) is 0 Å². The third-order valence-corrected chi connectivity index (χ3v) is 3.94. The molecule has 1 fully saturated rings. The Hall–Kier alpha value is -1.22. The van der Waals surface area contributed by atoms with Crippen molar-refractivity contribution >= 4 is 5.69 Å². The molecule has 2 rings (SSSR count). The molecule has 100 valence electrons. The van der Waals surface area contributed by atoms with Crippen LogP contribution in [0.4, 0.5) is 5.69 Å². The number of likely N-dealkylation sites (tertiary alicyclic amines) is 1. The number of hydrogen-bond acceptors (Lipinski definition) is 3. The average Bonchev–Trinajstić information content (AvgIpc) is 2.79. The molecule has 1 aromatic rings. The normalized spacial score (nSPS) is 20.6. The second-order valence-electron chi connectivity index (χ2n) is 5.62. The van der Waals surface area contributed by atoms with Crippen molar-refractivity contribution < 1.29 is 5.11 Å². The number of hydrogen-bond donors (Lipinski definition) is 2. The lowest BCUT2D eigenvalue weighted by atomic mass is 10.1. The quantitative estimate of drug-likeness (QED) is 0.863. The summed E-state index contributed by atoms with van der Waals surface area (Å²) in [6.45, 7) is 10.6. The van der Waals surface area contributed by atoms with E-state index < -0.39 is 0 Å². The Bertz CT molecular complexity index is 429. The van der Waals surface area contributed by atoms with Crippen LogP contribution in [0.1, 0.15) is 31.4 Å². The zero-order chi connectivity index (χ0) is 13.3. The molecule has 3 nitrogen and oxygen atoms in total. The van der Waals surface area contributed by atoms with Crippen LogP contribution in [0.3, 0.4) is 0 Å². The van der Waals surface area contributed by atoms with Gasteiger partial charge in [-0.05, 0) is 45.7 Å². The summed E-state index contributed by atoms with van der Waals surface area (Å²) in [6, 6.07) is 5.15. The van der Waals surface area contributed by atoms with Crippen molar-refractivity contribution in [2.75, 3.05) is 18.4 Å². The van der Waals surface area contributed by atoms with E-state index in [1.165, 1.54) is 6.42 Å². The Labute approximate surface area is 110 Å². The van der Waals surface area contributed by atoms with Gasteiger partial charge < -0.3 is 10.4 Å². The van der Waals surface area contributed by atoms with Crippen molar-refractivity contribution in [2.24, 2.45) is 0 Å². The molecule has 0 radical (unpaired) electrons. The fraction of sp³-hybridized carbons (Fsp3) is 0.600. The molecule has 1 aromatic carbocycles. The highest BCUT2D eigenvalue weighted by Gasteiger charge is 2.24. The lowest BCUT2D eigenvalue weighted by Crippen LogP contribution is -2.31. The second kappa shape index (κ2) is 5.19. The molecular weight excluding hydrogens is 224 g/mol. The number of aryl methyl sites for hydroxylation is 1. The number of anilines is 1. The molecule has 1 aliphatic heterocycles. The molecule has 0 aliphatic carbocycles. The molecule has 0 spiro atoms. The van der Waals surface area contributed by atoms with Gasteiger partial charge in [-0.2, -0.15) is 0 Å². The van der Waals surface area contributed by atoms with Crippen molar-refractivity contribution in [3.63, 3.8) is 0 Å². The van der Waals surface area contributed by atoms with Crippen LogP contribution in [-0.2, 0) is 0 Å². The van der Waals surface area contributed by atoms with Crippen LogP contribution in [-0.4, -0.2) is 35.2 Å². The van der Waals surface area contributed by atoms with E-state index in [9.17, 15) is 5.11 Å². The maximum absolute atomic E-state index is 9.95. The SMILES string of the molecule is Cc1ccc(NC2CCN(C(C)C)C2)c(C)c1O. The van der Waals surface area contributed by atoms with Gasteiger partial charge in [0.05, 0.1) is 0 Å². The van der Waals surface area contributed by atoms with Crippen LogP contribution in [0.2, 0.25) is 0 Å². The maximum atomic E-state index is 9.95. The highest BCUT2D eigenvalue weighted by Crippen LogP contribution is 2.29. The minimum atomic E-state index is 0.415. The molecule has 0 bridgehead atoms. The summed E-state index contributed by atoms with van der Waals surface area (Å²) >= 11 is 0. The van der Waals surface area contributed by atoms with Crippen LogP contribution < -0.4 is 5.32 Å². The number of rotatable bonds is 3. The third-order valence-electron chi connectivity index (χ3n) is 3.94. The molecule has 3 heteroatoms. The van der Waals surface area contributed by atoms with Crippen LogP contribution >= 0.6 is 0 Å². The van der Waals surface area contributed by atoms with Crippen LogP contribution in [0.15, 0.2) is 12.1 Å². The largest absolute Gasteiger partial charge is 0.507 e. The van der Waals surface area contributed by atoms with Crippen molar-refractivity contribution in [1.29, 1.82) is 0 Å². The number of phenolic OH excluding ortho intramolecular Hbond substituents is 1. The molecule has 0 amide bonds. The first kappa shape index (κ1) is 13.2. The summed E-state index contributed by atoms with van der Waals surface area (Å²) in [5.74, 6) is 0.415. The van der Waals surface area contributed by atoms with E-state index in [-0.39, 0.29) is 0 Å². The highest BCUT2D eigenvalue weighted by atomic mass is 16.3. The van der Waals surface area contributed by atoms with E-state index in [0.29, 0.717) is 17.8 Å². The van der Waals surface area contributed by atoms with E-state index in [1.807, 2.05) is 19.9 Å². The molecule has 1 heterocycles. The number of nitrogens with one attached hydrogen (secondary N) is 1. The summed E-state index contributed by atoms with van der Waals surface area (Å²) < 4.78 is 0. The Morgan fingerprint density at radius 1 is 1.33 bits per heavy atom. The molecule has 18 heavy (non-hydrogen) atoms. The van der Waals surface area contributed by atoms with Crippen LogP contribution in [0.5, 0.6) is 5.75 Å². The van der Waals surface area contributed by atoms with Gasteiger partial charge >= 0.3 is 0 Å². The standard InChI is InChI=1S/C15H24N2O/c1-10(2)17-8-7-13(9-17)16-14-6-5-11(3)15(18)12(14)4/h5-6,10,13,16,18H,7-9H2,1-4H3. The van der Waals surface area contributed by atoms with E-state index >= 15 is 0 Å². The summed E-state index contributed by atoms with van der Waals surface area (Å²) in [4.78, 5) is 2.49. The van der Waals surface area contributed by atoms with E-state index in [0.717, 1.165) is 29.9 Å². The molecule has 1 atom stereocenters. The fourth-order valence-corrected chi connectivity index (χ4v) is 2.59. The topological polar surface area (TPSA) is 35.5 Å². The van der Waals surface area contributed by atoms with Gasteiger partial charge in [-0.15, -0.1) is 0 Å². The molecular formula is C15H24N2O. The van der Waals surface area contributed by atoms with Crippen LogP contribution in [0.25, 0.3) is 0 Å². The Kier molecular flexibility index (Phi) is 3.81. The van der Waals surface area contributed by atoms with E-state index in [2.05, 4.69) is 30.1 Å². The lowest BCUT2D eigenvalue weighted by Gasteiger charge is -2.21. The Morgan fingerprint density at radius 3 is 2.67 bits per heavy atom. The smallest absolute Gasteiger partial charge is 0.123 e. The van der Waals surface area contributed by atoms with E-state index in [4.69, 9.17) is 0 Å². The van der Waals surface area contributed by atoms with Gasteiger partial charge in [-0.25, -0.2) is 0 Å². The first-order valence-electron chi connectivity index (χ1n) is 6.78. The molecule has 1 aliphatic rings. The number of nitrogens with zero attached hydrogens (tertiary/aromatic N) is 1. The first-order valence-corrected chi connectivity index (χ1v) is 6.78. The number of benzene rings is 1. The zero-order valence-electron chi connectivity index (χ0n) is 11.8. The highest BCUT2D eigenvalue weighted by molar-refractivity contribution is 5.59. The van der Waals surface area contributed by atoms with Crippen molar-refractivity contribution in [3.8, 4) is 5.75 Å². The van der Waals surface area contributed by atoms with Gasteiger partial charge in [-0.1, -0.05) is 6.07 Å². The number of aromatic hydroxyl groups is 1. The molecule has 0 aromatic heterocycles. The molecule has 1 saturated heterocycles. The monoisotopic (exact) mass is 248 g/mol. The maximum Gasteiger partial charge on any atom is 0.123 e. The third kappa shape index (κ3) is 2.61. The molecule has 2 N–H and O–H groups in total. The number of phenols is 1. The van der Waals surface area contributed by atoms with Gasteiger partial charge in [-0.3, -0.25) is 4.90 Å².